The predicted molar refractivity (Wildman–Crippen MR) is 73.9 cm³/mol. The van der Waals surface area contributed by atoms with Crippen molar-refractivity contribution >= 4 is 35.0 Å². The summed E-state index contributed by atoms with van der Waals surface area (Å²) in [5.41, 5.74) is 1.03. The molecule has 18 heavy (non-hydrogen) atoms. The molecule has 1 heterocycles. The highest BCUT2D eigenvalue weighted by atomic mass is 35.5. The standard InChI is InChI=1S/C12H12ClN3OS/c13-10-5-9(2-1-8(10)6-14)16-12(17)11-7-15-3-4-18-11/h1-2,5,11,15H,3-4,7H2,(H,16,17). The molecule has 1 aliphatic rings. The van der Waals surface area contributed by atoms with Crippen molar-refractivity contribution in [2.24, 2.45) is 0 Å². The fourth-order valence-corrected chi connectivity index (χ4v) is 2.86. The molecule has 94 valence electrons. The molecule has 0 aromatic heterocycles. The quantitative estimate of drug-likeness (QED) is 0.868. The van der Waals surface area contributed by atoms with Crippen LogP contribution >= 0.6 is 23.4 Å². The zero-order valence-electron chi connectivity index (χ0n) is 9.57. The van der Waals surface area contributed by atoms with E-state index in [1.165, 1.54) is 0 Å². The number of amides is 1. The number of nitriles is 1. The summed E-state index contributed by atoms with van der Waals surface area (Å²) < 4.78 is 0. The molecule has 4 nitrogen and oxygen atoms in total. The number of hydrogen-bond acceptors (Lipinski definition) is 4. The smallest absolute Gasteiger partial charge is 0.238 e. The van der Waals surface area contributed by atoms with Crippen LogP contribution in [-0.4, -0.2) is 30.0 Å². The molecule has 2 N–H and O–H groups in total. The highest BCUT2D eigenvalue weighted by Crippen LogP contribution is 2.21. The van der Waals surface area contributed by atoms with Crippen LogP contribution in [0.1, 0.15) is 5.56 Å². The van der Waals surface area contributed by atoms with Gasteiger partial charge in [-0.3, -0.25) is 4.79 Å². The summed E-state index contributed by atoms with van der Waals surface area (Å²) in [4.78, 5) is 12.0. The number of anilines is 1. The van der Waals surface area contributed by atoms with Crippen LogP contribution < -0.4 is 10.6 Å². The summed E-state index contributed by atoms with van der Waals surface area (Å²) >= 11 is 7.55. The second-order valence-corrected chi connectivity index (χ2v) is 5.58. The van der Waals surface area contributed by atoms with Gasteiger partial charge in [-0.15, -0.1) is 11.8 Å². The molecule has 0 bridgehead atoms. The van der Waals surface area contributed by atoms with Crippen LogP contribution in [0.4, 0.5) is 5.69 Å². The molecule has 1 fully saturated rings. The Balaban J connectivity index is 2.02. The second-order valence-electron chi connectivity index (χ2n) is 3.86. The lowest BCUT2D eigenvalue weighted by atomic mass is 10.2. The maximum Gasteiger partial charge on any atom is 0.238 e. The van der Waals surface area contributed by atoms with E-state index in [0.717, 1.165) is 12.3 Å². The first-order chi connectivity index (χ1) is 8.70. The van der Waals surface area contributed by atoms with E-state index in [1.54, 1.807) is 30.0 Å². The van der Waals surface area contributed by atoms with Gasteiger partial charge in [-0.25, -0.2) is 0 Å². The van der Waals surface area contributed by atoms with Crippen molar-refractivity contribution in [3.05, 3.63) is 28.8 Å². The fraction of sp³-hybridized carbons (Fsp3) is 0.333. The summed E-state index contributed by atoms with van der Waals surface area (Å²) in [6.07, 6.45) is 0. The third-order valence-electron chi connectivity index (χ3n) is 2.58. The number of hydrogen-bond donors (Lipinski definition) is 2. The third-order valence-corrected chi connectivity index (χ3v) is 4.11. The Morgan fingerprint density at radius 3 is 3.06 bits per heavy atom. The minimum atomic E-state index is -0.0758. The van der Waals surface area contributed by atoms with Gasteiger partial charge in [-0.1, -0.05) is 11.6 Å². The molecular weight excluding hydrogens is 270 g/mol. The van der Waals surface area contributed by atoms with Crippen LogP contribution in [0.15, 0.2) is 18.2 Å². The molecule has 1 amide bonds. The van der Waals surface area contributed by atoms with Crippen LogP contribution in [0, 0.1) is 11.3 Å². The van der Waals surface area contributed by atoms with Crippen LogP contribution in [-0.2, 0) is 4.79 Å². The average molecular weight is 282 g/mol. The van der Waals surface area contributed by atoms with E-state index in [-0.39, 0.29) is 11.2 Å². The molecule has 1 unspecified atom stereocenters. The summed E-state index contributed by atoms with van der Waals surface area (Å²) in [5, 5.41) is 15.0. The highest BCUT2D eigenvalue weighted by molar-refractivity contribution is 8.00. The van der Waals surface area contributed by atoms with Gasteiger partial charge in [0.2, 0.25) is 5.91 Å². The van der Waals surface area contributed by atoms with E-state index in [2.05, 4.69) is 10.6 Å². The molecule has 6 heteroatoms. The number of halogens is 1. The molecule has 1 saturated heterocycles. The normalized spacial score (nSPS) is 19.0. The number of carbonyl (C=O) groups excluding carboxylic acids is 1. The number of thioether (sulfide) groups is 1. The molecule has 1 aliphatic heterocycles. The number of rotatable bonds is 2. The van der Waals surface area contributed by atoms with Gasteiger partial charge in [-0.2, -0.15) is 5.26 Å². The van der Waals surface area contributed by atoms with E-state index in [9.17, 15) is 4.79 Å². The number of carbonyl (C=O) groups is 1. The van der Waals surface area contributed by atoms with Gasteiger partial charge in [0, 0.05) is 24.5 Å². The molecule has 0 radical (unpaired) electrons. The van der Waals surface area contributed by atoms with Gasteiger partial charge in [-0.05, 0) is 18.2 Å². The van der Waals surface area contributed by atoms with Gasteiger partial charge in [0.05, 0.1) is 15.8 Å². The maximum absolute atomic E-state index is 12.0. The lowest BCUT2D eigenvalue weighted by Crippen LogP contribution is -2.40. The summed E-state index contributed by atoms with van der Waals surface area (Å²) in [5.74, 6) is 0.902. The third kappa shape index (κ3) is 3.16. The monoisotopic (exact) mass is 281 g/mol. The van der Waals surface area contributed by atoms with Crippen molar-refractivity contribution in [2.75, 3.05) is 24.2 Å². The molecular formula is C12H12ClN3OS. The second kappa shape index (κ2) is 6.10. The van der Waals surface area contributed by atoms with Gasteiger partial charge >= 0.3 is 0 Å². The lowest BCUT2D eigenvalue weighted by Gasteiger charge is -2.21. The highest BCUT2D eigenvalue weighted by Gasteiger charge is 2.21. The zero-order valence-corrected chi connectivity index (χ0v) is 11.1. The Bertz CT molecular complexity index is 495. The average Bonchev–Trinajstić information content (AvgIpc) is 2.40. The van der Waals surface area contributed by atoms with Crippen molar-refractivity contribution in [3.8, 4) is 6.07 Å². The minimum absolute atomic E-state index is 0.0343. The Kier molecular flexibility index (Phi) is 4.48. The Morgan fingerprint density at radius 2 is 2.44 bits per heavy atom. The summed E-state index contributed by atoms with van der Waals surface area (Å²) in [6.45, 7) is 1.62. The van der Waals surface area contributed by atoms with Gasteiger partial charge in [0.15, 0.2) is 0 Å². The minimum Gasteiger partial charge on any atom is -0.325 e. The summed E-state index contributed by atoms with van der Waals surface area (Å²) in [6, 6.07) is 6.86. The van der Waals surface area contributed by atoms with E-state index < -0.39 is 0 Å². The van der Waals surface area contributed by atoms with Crippen molar-refractivity contribution in [3.63, 3.8) is 0 Å². The van der Waals surface area contributed by atoms with Gasteiger partial charge in [0.25, 0.3) is 0 Å². The zero-order chi connectivity index (χ0) is 13.0. The van der Waals surface area contributed by atoms with Crippen molar-refractivity contribution in [2.45, 2.75) is 5.25 Å². The first-order valence-electron chi connectivity index (χ1n) is 5.53. The largest absolute Gasteiger partial charge is 0.325 e. The number of nitrogens with one attached hydrogen (secondary N) is 2. The Morgan fingerprint density at radius 1 is 1.61 bits per heavy atom. The van der Waals surface area contributed by atoms with Crippen molar-refractivity contribution < 1.29 is 4.79 Å². The van der Waals surface area contributed by atoms with Crippen LogP contribution in [0.3, 0.4) is 0 Å². The molecule has 0 saturated carbocycles. The van der Waals surface area contributed by atoms with Crippen molar-refractivity contribution in [1.82, 2.24) is 5.32 Å². The van der Waals surface area contributed by atoms with Crippen LogP contribution in [0.2, 0.25) is 5.02 Å². The topological polar surface area (TPSA) is 64.9 Å². The molecule has 1 aromatic rings. The number of nitrogens with zero attached hydrogens (tertiary/aromatic N) is 1. The molecule has 1 atom stereocenters. The van der Waals surface area contributed by atoms with E-state index in [4.69, 9.17) is 16.9 Å². The van der Waals surface area contributed by atoms with E-state index in [0.29, 0.717) is 22.8 Å². The van der Waals surface area contributed by atoms with Crippen molar-refractivity contribution in [1.29, 1.82) is 5.26 Å². The number of benzene rings is 1. The Labute approximate surface area is 115 Å². The molecule has 0 aliphatic carbocycles. The first-order valence-corrected chi connectivity index (χ1v) is 6.96. The van der Waals surface area contributed by atoms with Gasteiger partial charge < -0.3 is 10.6 Å². The molecule has 2 rings (SSSR count). The fourth-order valence-electron chi connectivity index (χ4n) is 1.64. The van der Waals surface area contributed by atoms with Crippen LogP contribution in [0.25, 0.3) is 0 Å². The Hall–Kier alpha value is -1.22. The first kappa shape index (κ1) is 13.2. The van der Waals surface area contributed by atoms with E-state index >= 15 is 0 Å². The summed E-state index contributed by atoms with van der Waals surface area (Å²) in [7, 11) is 0. The molecule has 1 aromatic carbocycles. The van der Waals surface area contributed by atoms with Gasteiger partial charge in [0.1, 0.15) is 6.07 Å². The van der Waals surface area contributed by atoms with Crippen LogP contribution in [0.5, 0.6) is 0 Å². The maximum atomic E-state index is 12.0. The predicted octanol–water partition coefficient (Wildman–Crippen LogP) is 1.86. The van der Waals surface area contributed by atoms with E-state index in [1.807, 2.05) is 6.07 Å². The lowest BCUT2D eigenvalue weighted by molar-refractivity contribution is -0.115. The SMILES string of the molecule is N#Cc1ccc(NC(=O)C2CNCCS2)cc1Cl. The molecule has 0 spiro atoms.